The number of rotatable bonds is 4. The summed E-state index contributed by atoms with van der Waals surface area (Å²) in [5.41, 5.74) is 1.40. The highest BCUT2D eigenvalue weighted by molar-refractivity contribution is 5.94. The molecule has 0 N–H and O–H groups in total. The molecule has 1 saturated heterocycles. The third-order valence-electron chi connectivity index (χ3n) is 4.16. The Hall–Kier alpha value is -1.84. The molecule has 1 aliphatic heterocycles. The lowest BCUT2D eigenvalue weighted by Gasteiger charge is -2.30. The maximum absolute atomic E-state index is 12.4. The van der Waals surface area contributed by atoms with Crippen molar-refractivity contribution >= 4 is 11.7 Å². The second kappa shape index (κ2) is 6.74. The van der Waals surface area contributed by atoms with Crippen LogP contribution in [0.25, 0.3) is 0 Å². The first-order valence-electron chi connectivity index (χ1n) is 7.47. The lowest BCUT2D eigenvalue weighted by atomic mass is 9.98. The summed E-state index contributed by atoms with van der Waals surface area (Å²) >= 11 is 0. The number of ether oxygens (including phenoxy) is 1. The van der Waals surface area contributed by atoms with Crippen LogP contribution in [0.4, 0.5) is 0 Å². The molecule has 0 unspecified atom stereocenters. The second-order valence-electron chi connectivity index (χ2n) is 5.82. The average molecular weight is 289 g/mol. The molecule has 114 valence electrons. The fourth-order valence-electron chi connectivity index (χ4n) is 2.67. The van der Waals surface area contributed by atoms with E-state index in [-0.39, 0.29) is 11.7 Å². The number of carbonyl (C=O) groups excluding carboxylic acids is 2. The molecule has 4 nitrogen and oxygen atoms in total. The van der Waals surface area contributed by atoms with Gasteiger partial charge in [0.1, 0.15) is 5.75 Å². The zero-order valence-corrected chi connectivity index (χ0v) is 13.0. The fraction of sp³-hybridized carbons (Fsp3) is 0.529. The van der Waals surface area contributed by atoms with Gasteiger partial charge in [0.2, 0.25) is 5.91 Å². The van der Waals surface area contributed by atoms with Crippen molar-refractivity contribution in [1.29, 1.82) is 0 Å². The first kappa shape index (κ1) is 15.5. The number of Topliss-reactive ketones (excluding diaryl/α,β-unsaturated/α-hetero) is 1. The Bertz CT molecular complexity index is 531. The van der Waals surface area contributed by atoms with Gasteiger partial charge in [-0.1, -0.05) is 6.92 Å². The van der Waals surface area contributed by atoms with E-state index in [9.17, 15) is 9.59 Å². The molecule has 0 radical (unpaired) electrons. The molecule has 0 aromatic heterocycles. The van der Waals surface area contributed by atoms with Gasteiger partial charge >= 0.3 is 0 Å². The van der Waals surface area contributed by atoms with E-state index in [4.69, 9.17) is 4.74 Å². The topological polar surface area (TPSA) is 46.6 Å². The van der Waals surface area contributed by atoms with Crippen LogP contribution in [-0.4, -0.2) is 36.8 Å². The van der Waals surface area contributed by atoms with Crippen LogP contribution < -0.4 is 4.74 Å². The summed E-state index contributed by atoms with van der Waals surface area (Å²) < 4.78 is 5.30. The Balaban J connectivity index is 2.12. The summed E-state index contributed by atoms with van der Waals surface area (Å²) in [6.45, 7) is 5.41. The number of methoxy groups -OCH3 is 1. The Morgan fingerprint density at radius 3 is 2.52 bits per heavy atom. The molecule has 0 spiro atoms. The smallest absolute Gasteiger partial charge is 0.227 e. The molecule has 0 bridgehead atoms. The first-order chi connectivity index (χ1) is 10.0. The van der Waals surface area contributed by atoms with Crippen LogP contribution in [0.15, 0.2) is 18.2 Å². The first-order valence-corrected chi connectivity index (χ1v) is 7.47. The number of likely N-dealkylation sites (tertiary alicyclic amines) is 1. The Morgan fingerprint density at radius 2 is 1.95 bits per heavy atom. The zero-order valence-electron chi connectivity index (χ0n) is 13.0. The summed E-state index contributed by atoms with van der Waals surface area (Å²) in [4.78, 5) is 25.8. The van der Waals surface area contributed by atoms with Crippen molar-refractivity contribution in [2.45, 2.75) is 33.1 Å². The van der Waals surface area contributed by atoms with Gasteiger partial charge in [-0.3, -0.25) is 9.59 Å². The van der Waals surface area contributed by atoms with Crippen LogP contribution in [0.1, 0.15) is 42.6 Å². The van der Waals surface area contributed by atoms with Crippen LogP contribution in [0.5, 0.6) is 5.75 Å². The number of ketones is 1. The Morgan fingerprint density at radius 1 is 1.29 bits per heavy atom. The number of carbonyl (C=O) groups is 2. The second-order valence-corrected chi connectivity index (χ2v) is 5.82. The van der Waals surface area contributed by atoms with Gasteiger partial charge in [0, 0.05) is 24.2 Å². The number of piperidine rings is 1. The summed E-state index contributed by atoms with van der Waals surface area (Å²) in [6, 6.07) is 5.26. The van der Waals surface area contributed by atoms with E-state index < -0.39 is 0 Å². The highest BCUT2D eigenvalue weighted by Gasteiger charge is 2.21. The average Bonchev–Trinajstić information content (AvgIpc) is 2.47. The summed E-state index contributed by atoms with van der Waals surface area (Å²) in [5.74, 6) is 1.47. The minimum Gasteiger partial charge on any atom is -0.496 e. The van der Waals surface area contributed by atoms with Gasteiger partial charge in [-0.15, -0.1) is 0 Å². The van der Waals surface area contributed by atoms with Crippen molar-refractivity contribution in [1.82, 2.24) is 4.90 Å². The molecule has 1 aromatic rings. The monoisotopic (exact) mass is 289 g/mol. The van der Waals surface area contributed by atoms with Gasteiger partial charge in [0.25, 0.3) is 0 Å². The molecule has 21 heavy (non-hydrogen) atoms. The zero-order chi connectivity index (χ0) is 15.4. The van der Waals surface area contributed by atoms with Crippen molar-refractivity contribution in [2.75, 3.05) is 20.2 Å². The normalized spacial score (nSPS) is 15.9. The van der Waals surface area contributed by atoms with Gasteiger partial charge in [0.05, 0.1) is 13.5 Å². The van der Waals surface area contributed by atoms with E-state index in [1.807, 2.05) is 4.90 Å². The van der Waals surface area contributed by atoms with E-state index in [1.54, 1.807) is 25.3 Å². The number of benzene rings is 1. The minimum absolute atomic E-state index is 0.00171. The minimum atomic E-state index is -0.00171. The Kier molecular flexibility index (Phi) is 4.99. The van der Waals surface area contributed by atoms with Crippen molar-refractivity contribution in [3.63, 3.8) is 0 Å². The molecular weight excluding hydrogens is 266 g/mol. The summed E-state index contributed by atoms with van der Waals surface area (Å²) in [6.07, 6.45) is 2.42. The maximum Gasteiger partial charge on any atom is 0.227 e. The predicted octanol–water partition coefficient (Wildman–Crippen LogP) is 2.70. The van der Waals surface area contributed by atoms with Gasteiger partial charge in [-0.25, -0.2) is 0 Å². The standard InChI is InChI=1S/C17H23NO3/c1-12-6-8-18(9-7-12)17(20)11-15-10-14(13(2)19)4-5-16(15)21-3/h4-5,10,12H,6-9,11H2,1-3H3. The summed E-state index contributed by atoms with van der Waals surface area (Å²) in [7, 11) is 1.58. The van der Waals surface area contributed by atoms with Crippen molar-refractivity contribution in [3.8, 4) is 5.75 Å². The number of nitrogens with zero attached hydrogens (tertiary/aromatic N) is 1. The molecule has 2 rings (SSSR count). The largest absolute Gasteiger partial charge is 0.496 e. The molecular formula is C17H23NO3. The quantitative estimate of drug-likeness (QED) is 0.801. The van der Waals surface area contributed by atoms with Crippen LogP contribution in [0.2, 0.25) is 0 Å². The van der Waals surface area contributed by atoms with Crippen LogP contribution in [0.3, 0.4) is 0 Å². The molecule has 0 atom stereocenters. The van der Waals surface area contributed by atoms with Gasteiger partial charge < -0.3 is 9.64 Å². The van der Waals surface area contributed by atoms with Gasteiger partial charge in [-0.05, 0) is 43.9 Å². The third kappa shape index (κ3) is 3.84. The molecule has 1 amide bonds. The predicted molar refractivity (Wildman–Crippen MR) is 81.7 cm³/mol. The lowest BCUT2D eigenvalue weighted by molar-refractivity contribution is -0.131. The molecule has 1 fully saturated rings. The van der Waals surface area contributed by atoms with Crippen molar-refractivity contribution < 1.29 is 14.3 Å². The maximum atomic E-state index is 12.4. The SMILES string of the molecule is COc1ccc(C(C)=O)cc1CC(=O)N1CCC(C)CC1. The molecule has 4 heteroatoms. The Labute approximate surface area is 126 Å². The van der Waals surface area contributed by atoms with Crippen molar-refractivity contribution in [3.05, 3.63) is 29.3 Å². The molecule has 1 heterocycles. The van der Waals surface area contributed by atoms with Crippen LogP contribution >= 0.6 is 0 Å². The lowest BCUT2D eigenvalue weighted by Crippen LogP contribution is -2.38. The van der Waals surface area contributed by atoms with E-state index >= 15 is 0 Å². The van der Waals surface area contributed by atoms with Crippen molar-refractivity contribution in [2.24, 2.45) is 5.92 Å². The van der Waals surface area contributed by atoms with Crippen LogP contribution in [-0.2, 0) is 11.2 Å². The van der Waals surface area contributed by atoms with E-state index in [2.05, 4.69) is 6.92 Å². The molecule has 1 aliphatic rings. The van der Waals surface area contributed by atoms with E-state index in [0.29, 0.717) is 23.7 Å². The van der Waals surface area contributed by atoms with Crippen LogP contribution in [0, 0.1) is 5.92 Å². The van der Waals surface area contributed by atoms with Gasteiger partial charge in [-0.2, -0.15) is 0 Å². The van der Waals surface area contributed by atoms with E-state index in [1.165, 1.54) is 6.92 Å². The molecule has 0 saturated carbocycles. The third-order valence-corrected chi connectivity index (χ3v) is 4.16. The molecule has 1 aromatic carbocycles. The highest BCUT2D eigenvalue weighted by atomic mass is 16.5. The van der Waals surface area contributed by atoms with E-state index in [0.717, 1.165) is 31.5 Å². The fourth-order valence-corrected chi connectivity index (χ4v) is 2.67. The number of hydrogen-bond donors (Lipinski definition) is 0. The van der Waals surface area contributed by atoms with Gasteiger partial charge in [0.15, 0.2) is 5.78 Å². The number of hydrogen-bond acceptors (Lipinski definition) is 3. The molecule has 0 aliphatic carbocycles. The highest BCUT2D eigenvalue weighted by Crippen LogP contribution is 2.23. The summed E-state index contributed by atoms with van der Waals surface area (Å²) in [5, 5.41) is 0. The number of amides is 1.